The number of aryl methyl sites for hydroxylation is 1. The Balaban J connectivity index is 3.13. The van der Waals surface area contributed by atoms with Gasteiger partial charge in [-0.3, -0.25) is 0 Å². The van der Waals surface area contributed by atoms with E-state index in [0.29, 0.717) is 23.6 Å². The third-order valence-electron chi connectivity index (χ3n) is 2.23. The number of rotatable bonds is 4. The van der Waals surface area contributed by atoms with Crippen molar-refractivity contribution in [2.75, 3.05) is 11.9 Å². The molecule has 0 aliphatic rings. The Morgan fingerprint density at radius 1 is 1.44 bits per heavy atom. The zero-order valence-electron chi connectivity index (χ0n) is 9.66. The molecule has 0 aliphatic carbocycles. The fraction of sp³-hybridized carbons (Fsp3) is 0.364. The molecule has 0 radical (unpaired) electrons. The van der Waals surface area contributed by atoms with Crippen molar-refractivity contribution in [3.63, 3.8) is 0 Å². The van der Waals surface area contributed by atoms with Crippen LogP contribution in [0.2, 0.25) is 0 Å². The highest BCUT2D eigenvalue weighted by atomic mass is 16.4. The average molecular weight is 221 g/mol. The molecule has 0 saturated heterocycles. The zero-order chi connectivity index (χ0) is 12.3. The molecular formula is C11H15N3O2. The molecule has 16 heavy (non-hydrogen) atoms. The van der Waals surface area contributed by atoms with Gasteiger partial charge in [0.2, 0.25) is 0 Å². The fourth-order valence-electron chi connectivity index (χ4n) is 1.23. The van der Waals surface area contributed by atoms with Gasteiger partial charge in [-0.15, -0.1) is 5.10 Å². The number of aromatic carboxylic acids is 1. The van der Waals surface area contributed by atoms with Gasteiger partial charge in [0.05, 0.1) is 5.69 Å². The Morgan fingerprint density at radius 2 is 2.06 bits per heavy atom. The van der Waals surface area contributed by atoms with E-state index in [2.05, 4.69) is 22.1 Å². The van der Waals surface area contributed by atoms with E-state index >= 15 is 0 Å². The molecule has 0 spiro atoms. The minimum Gasteiger partial charge on any atom is -0.478 e. The maximum atomic E-state index is 11.1. The van der Waals surface area contributed by atoms with Crippen LogP contribution in [0.3, 0.4) is 0 Å². The predicted octanol–water partition coefficient (Wildman–Crippen LogP) is 1.78. The minimum atomic E-state index is -1.00. The number of aromatic nitrogens is 2. The number of hydrogen-bond acceptors (Lipinski definition) is 4. The van der Waals surface area contributed by atoms with Gasteiger partial charge in [-0.05, 0) is 26.3 Å². The summed E-state index contributed by atoms with van der Waals surface area (Å²) >= 11 is 0. The van der Waals surface area contributed by atoms with Gasteiger partial charge in [-0.25, -0.2) is 4.79 Å². The monoisotopic (exact) mass is 221 g/mol. The van der Waals surface area contributed by atoms with Gasteiger partial charge in [-0.2, -0.15) is 5.10 Å². The van der Waals surface area contributed by atoms with Crippen LogP contribution in [0.4, 0.5) is 5.82 Å². The van der Waals surface area contributed by atoms with Crippen molar-refractivity contribution in [1.82, 2.24) is 10.2 Å². The van der Waals surface area contributed by atoms with E-state index in [9.17, 15) is 4.79 Å². The molecule has 86 valence electrons. The Labute approximate surface area is 94.2 Å². The van der Waals surface area contributed by atoms with Crippen molar-refractivity contribution in [3.8, 4) is 0 Å². The minimum absolute atomic E-state index is 0.175. The maximum absolute atomic E-state index is 11.1. The summed E-state index contributed by atoms with van der Waals surface area (Å²) in [4.78, 5) is 11.1. The number of carboxylic acid groups (broad SMARTS) is 1. The van der Waals surface area contributed by atoms with Crippen molar-refractivity contribution in [3.05, 3.63) is 29.0 Å². The van der Waals surface area contributed by atoms with Gasteiger partial charge in [0, 0.05) is 6.54 Å². The molecule has 0 saturated carbocycles. The summed E-state index contributed by atoms with van der Waals surface area (Å²) in [6, 6.07) is 0. The van der Waals surface area contributed by atoms with Crippen LogP contribution in [-0.2, 0) is 0 Å². The molecule has 0 unspecified atom stereocenters. The summed E-state index contributed by atoms with van der Waals surface area (Å²) < 4.78 is 0. The zero-order valence-corrected chi connectivity index (χ0v) is 9.66. The number of nitrogens with one attached hydrogen (secondary N) is 1. The summed E-state index contributed by atoms with van der Waals surface area (Å²) in [5.74, 6) is -0.710. The summed E-state index contributed by atoms with van der Waals surface area (Å²) in [6.45, 7) is 9.51. The normalized spacial score (nSPS) is 9.94. The molecule has 5 nitrogen and oxygen atoms in total. The number of nitrogens with zero attached hydrogens (tertiary/aromatic N) is 2. The van der Waals surface area contributed by atoms with E-state index < -0.39 is 5.97 Å². The van der Waals surface area contributed by atoms with E-state index in [1.165, 1.54) is 0 Å². The predicted molar refractivity (Wildman–Crippen MR) is 61.8 cm³/mol. The number of anilines is 1. The second-order valence-corrected chi connectivity index (χ2v) is 3.75. The molecule has 2 N–H and O–H groups in total. The van der Waals surface area contributed by atoms with Crippen LogP contribution in [0.25, 0.3) is 0 Å². The van der Waals surface area contributed by atoms with Crippen molar-refractivity contribution in [2.24, 2.45) is 0 Å². The number of carboxylic acids is 1. The first kappa shape index (κ1) is 12.2. The topological polar surface area (TPSA) is 75.1 Å². The Morgan fingerprint density at radius 3 is 2.56 bits per heavy atom. The van der Waals surface area contributed by atoms with E-state index in [-0.39, 0.29) is 5.56 Å². The van der Waals surface area contributed by atoms with Crippen molar-refractivity contribution in [1.29, 1.82) is 0 Å². The molecule has 0 amide bonds. The van der Waals surface area contributed by atoms with Crippen LogP contribution < -0.4 is 5.32 Å². The lowest BCUT2D eigenvalue weighted by molar-refractivity contribution is 0.0696. The molecule has 0 atom stereocenters. The van der Waals surface area contributed by atoms with Crippen LogP contribution in [0.5, 0.6) is 0 Å². The SMILES string of the molecule is C=C(C)CNc1nnc(C)c(C)c1C(=O)O. The van der Waals surface area contributed by atoms with E-state index in [0.717, 1.165) is 5.57 Å². The van der Waals surface area contributed by atoms with Crippen LogP contribution in [0.15, 0.2) is 12.2 Å². The average Bonchev–Trinajstić information content (AvgIpc) is 2.19. The maximum Gasteiger partial charge on any atom is 0.339 e. The van der Waals surface area contributed by atoms with Gasteiger partial charge in [0.15, 0.2) is 5.82 Å². The summed E-state index contributed by atoms with van der Waals surface area (Å²) in [5.41, 5.74) is 2.33. The Kier molecular flexibility index (Phi) is 3.60. The van der Waals surface area contributed by atoms with Gasteiger partial charge in [-0.1, -0.05) is 12.2 Å². The molecule has 1 heterocycles. The van der Waals surface area contributed by atoms with E-state index in [1.807, 2.05) is 6.92 Å². The molecule has 0 aliphatic heterocycles. The third kappa shape index (κ3) is 2.56. The number of hydrogen-bond donors (Lipinski definition) is 2. The van der Waals surface area contributed by atoms with Gasteiger partial charge >= 0.3 is 5.97 Å². The third-order valence-corrected chi connectivity index (χ3v) is 2.23. The highest BCUT2D eigenvalue weighted by Crippen LogP contribution is 2.18. The summed E-state index contributed by atoms with van der Waals surface area (Å²) in [6.07, 6.45) is 0. The molecule has 5 heteroatoms. The lowest BCUT2D eigenvalue weighted by atomic mass is 10.1. The van der Waals surface area contributed by atoms with Gasteiger partial charge < -0.3 is 10.4 Å². The van der Waals surface area contributed by atoms with Crippen LogP contribution >= 0.6 is 0 Å². The molecule has 1 aromatic heterocycles. The Hall–Kier alpha value is -1.91. The van der Waals surface area contributed by atoms with Crippen molar-refractivity contribution >= 4 is 11.8 Å². The number of carbonyl (C=O) groups is 1. The Bertz CT molecular complexity index is 441. The van der Waals surface area contributed by atoms with Crippen LogP contribution in [0, 0.1) is 13.8 Å². The molecule has 0 bridgehead atoms. The quantitative estimate of drug-likeness (QED) is 0.758. The van der Waals surface area contributed by atoms with Crippen molar-refractivity contribution < 1.29 is 9.90 Å². The molecule has 1 aromatic rings. The first-order valence-electron chi connectivity index (χ1n) is 4.89. The largest absolute Gasteiger partial charge is 0.478 e. The molecular weight excluding hydrogens is 206 g/mol. The highest BCUT2D eigenvalue weighted by molar-refractivity contribution is 5.94. The molecule has 0 aromatic carbocycles. The van der Waals surface area contributed by atoms with Gasteiger partial charge in [0.25, 0.3) is 0 Å². The first-order chi connectivity index (χ1) is 7.43. The summed E-state index contributed by atoms with van der Waals surface area (Å²) in [7, 11) is 0. The molecule has 1 rings (SSSR count). The van der Waals surface area contributed by atoms with Crippen molar-refractivity contribution in [2.45, 2.75) is 20.8 Å². The van der Waals surface area contributed by atoms with Crippen LogP contribution in [0.1, 0.15) is 28.5 Å². The smallest absolute Gasteiger partial charge is 0.339 e. The fourth-order valence-corrected chi connectivity index (χ4v) is 1.23. The second-order valence-electron chi connectivity index (χ2n) is 3.75. The lowest BCUT2D eigenvalue weighted by Crippen LogP contribution is -2.13. The second kappa shape index (κ2) is 4.74. The van der Waals surface area contributed by atoms with Gasteiger partial charge in [0.1, 0.15) is 5.56 Å². The first-order valence-corrected chi connectivity index (χ1v) is 4.89. The lowest BCUT2D eigenvalue weighted by Gasteiger charge is -2.10. The molecule has 0 fully saturated rings. The summed E-state index contributed by atoms with van der Waals surface area (Å²) in [5, 5.41) is 19.8. The standard InChI is InChI=1S/C11H15N3O2/c1-6(2)5-12-10-9(11(15)16)7(3)8(4)13-14-10/h1,5H2,2-4H3,(H,12,14)(H,15,16). The van der Waals surface area contributed by atoms with Crippen LogP contribution in [-0.4, -0.2) is 27.8 Å². The highest BCUT2D eigenvalue weighted by Gasteiger charge is 2.17. The van der Waals surface area contributed by atoms with E-state index in [1.54, 1.807) is 13.8 Å². The van der Waals surface area contributed by atoms with E-state index in [4.69, 9.17) is 5.11 Å².